The third kappa shape index (κ3) is 2.95. The van der Waals surface area contributed by atoms with Crippen LogP contribution in [0.5, 0.6) is 0 Å². The Kier molecular flexibility index (Phi) is 3.51. The van der Waals surface area contributed by atoms with E-state index in [0.29, 0.717) is 12.0 Å². The first-order chi connectivity index (χ1) is 9.20. The number of hydrogen-bond donors (Lipinski definition) is 1. The van der Waals surface area contributed by atoms with Crippen molar-refractivity contribution in [1.82, 2.24) is 4.98 Å². The molecule has 98 valence electrons. The second-order valence-corrected chi connectivity index (χ2v) is 5.74. The number of hydrogen-bond acceptors (Lipinski definition) is 2. The quantitative estimate of drug-likeness (QED) is 0.851. The Balaban J connectivity index is 1.55. The molecule has 2 nitrogen and oxygen atoms in total. The summed E-state index contributed by atoms with van der Waals surface area (Å²) in [6.45, 7) is 0. The lowest BCUT2D eigenvalue weighted by atomic mass is 9.76. The maximum Gasteiger partial charge on any atom is 0.123 e. The highest BCUT2D eigenvalue weighted by atomic mass is 79.9. The van der Waals surface area contributed by atoms with E-state index in [1.807, 2.05) is 30.5 Å². The number of rotatable bonds is 3. The lowest BCUT2D eigenvalue weighted by Gasteiger charge is -2.36. The standard InChI is InChI=1S/C15H14BrFN2/c16-15-6-5-13(9-18-15)19-14-7-11(8-14)10-1-3-12(17)4-2-10/h1-6,9,11,14,19H,7-8H2. The predicted molar refractivity (Wildman–Crippen MR) is 77.7 cm³/mol. The molecule has 1 N–H and O–H groups in total. The highest BCUT2D eigenvalue weighted by molar-refractivity contribution is 9.10. The van der Waals surface area contributed by atoms with Crippen molar-refractivity contribution in [2.45, 2.75) is 24.8 Å². The van der Waals surface area contributed by atoms with Crippen molar-refractivity contribution in [3.05, 3.63) is 58.6 Å². The van der Waals surface area contributed by atoms with Gasteiger partial charge in [-0.15, -0.1) is 0 Å². The molecular weight excluding hydrogens is 307 g/mol. The molecule has 0 unspecified atom stereocenters. The molecule has 4 heteroatoms. The fourth-order valence-electron chi connectivity index (χ4n) is 2.44. The highest BCUT2D eigenvalue weighted by Gasteiger charge is 2.30. The van der Waals surface area contributed by atoms with Crippen molar-refractivity contribution in [1.29, 1.82) is 0 Å². The van der Waals surface area contributed by atoms with Gasteiger partial charge in [0.2, 0.25) is 0 Å². The fourth-order valence-corrected chi connectivity index (χ4v) is 2.67. The van der Waals surface area contributed by atoms with Crippen LogP contribution in [-0.4, -0.2) is 11.0 Å². The smallest absolute Gasteiger partial charge is 0.123 e. The Hall–Kier alpha value is -1.42. The third-order valence-corrected chi connectivity index (χ3v) is 4.05. The van der Waals surface area contributed by atoms with Gasteiger partial charge in [0.1, 0.15) is 10.4 Å². The van der Waals surface area contributed by atoms with Crippen LogP contribution in [-0.2, 0) is 0 Å². The average molecular weight is 321 g/mol. The summed E-state index contributed by atoms with van der Waals surface area (Å²) in [5.74, 6) is 0.375. The highest BCUT2D eigenvalue weighted by Crippen LogP contribution is 2.38. The van der Waals surface area contributed by atoms with Crippen LogP contribution in [0.3, 0.4) is 0 Å². The topological polar surface area (TPSA) is 24.9 Å². The summed E-state index contributed by atoms with van der Waals surface area (Å²) in [5.41, 5.74) is 2.28. The van der Waals surface area contributed by atoms with E-state index in [9.17, 15) is 4.39 Å². The molecule has 0 aliphatic heterocycles. The van der Waals surface area contributed by atoms with Crippen LogP contribution < -0.4 is 5.32 Å². The van der Waals surface area contributed by atoms with Crippen molar-refractivity contribution < 1.29 is 4.39 Å². The van der Waals surface area contributed by atoms with Gasteiger partial charge in [0.15, 0.2) is 0 Å². The molecule has 0 atom stereocenters. The van der Waals surface area contributed by atoms with E-state index in [2.05, 4.69) is 26.2 Å². The van der Waals surface area contributed by atoms with Gasteiger partial charge in [0, 0.05) is 6.04 Å². The molecule has 1 aromatic carbocycles. The van der Waals surface area contributed by atoms with Gasteiger partial charge < -0.3 is 5.32 Å². The molecule has 0 radical (unpaired) electrons. The van der Waals surface area contributed by atoms with E-state index < -0.39 is 0 Å². The SMILES string of the molecule is Fc1ccc(C2CC(Nc3ccc(Br)nc3)C2)cc1. The molecule has 0 bridgehead atoms. The minimum atomic E-state index is -0.168. The first kappa shape index (κ1) is 12.6. The van der Waals surface area contributed by atoms with Gasteiger partial charge in [-0.1, -0.05) is 12.1 Å². The van der Waals surface area contributed by atoms with Crippen LogP contribution in [0.4, 0.5) is 10.1 Å². The van der Waals surface area contributed by atoms with Crippen LogP contribution in [0.25, 0.3) is 0 Å². The van der Waals surface area contributed by atoms with Crippen LogP contribution in [0, 0.1) is 5.82 Å². The summed E-state index contributed by atoms with van der Waals surface area (Å²) in [6, 6.07) is 11.3. The second kappa shape index (κ2) is 5.29. The minimum Gasteiger partial charge on any atom is -0.381 e. The molecule has 3 rings (SSSR count). The molecule has 1 fully saturated rings. The van der Waals surface area contributed by atoms with E-state index >= 15 is 0 Å². The number of halogens is 2. The molecule has 1 saturated carbocycles. The maximum atomic E-state index is 12.8. The number of benzene rings is 1. The van der Waals surface area contributed by atoms with Crippen molar-refractivity contribution in [2.24, 2.45) is 0 Å². The summed E-state index contributed by atoms with van der Waals surface area (Å²) < 4.78 is 13.7. The van der Waals surface area contributed by atoms with Crippen molar-refractivity contribution >= 4 is 21.6 Å². The van der Waals surface area contributed by atoms with Gasteiger partial charge in [-0.25, -0.2) is 9.37 Å². The van der Waals surface area contributed by atoms with Gasteiger partial charge in [-0.3, -0.25) is 0 Å². The Labute approximate surface area is 120 Å². The molecule has 2 aromatic rings. The molecule has 1 aliphatic carbocycles. The first-order valence-corrected chi connectivity index (χ1v) is 7.13. The van der Waals surface area contributed by atoms with Gasteiger partial charge >= 0.3 is 0 Å². The summed E-state index contributed by atoms with van der Waals surface area (Å²) in [4.78, 5) is 4.19. The third-order valence-electron chi connectivity index (χ3n) is 3.58. The summed E-state index contributed by atoms with van der Waals surface area (Å²) in [7, 11) is 0. The zero-order chi connectivity index (χ0) is 13.2. The fraction of sp³-hybridized carbons (Fsp3) is 0.267. The number of aromatic nitrogens is 1. The van der Waals surface area contributed by atoms with Gasteiger partial charge in [0.05, 0.1) is 11.9 Å². The number of nitrogens with zero attached hydrogens (tertiary/aromatic N) is 1. The Morgan fingerprint density at radius 1 is 1.11 bits per heavy atom. The van der Waals surface area contributed by atoms with Gasteiger partial charge in [-0.2, -0.15) is 0 Å². The largest absolute Gasteiger partial charge is 0.381 e. The Morgan fingerprint density at radius 2 is 1.84 bits per heavy atom. The van der Waals surface area contributed by atoms with Crippen LogP contribution in [0.1, 0.15) is 24.3 Å². The van der Waals surface area contributed by atoms with Crippen molar-refractivity contribution in [3.8, 4) is 0 Å². The number of anilines is 1. The lowest BCUT2D eigenvalue weighted by molar-refractivity contribution is 0.374. The zero-order valence-corrected chi connectivity index (χ0v) is 11.9. The predicted octanol–water partition coefficient (Wildman–Crippen LogP) is 4.34. The van der Waals surface area contributed by atoms with E-state index in [0.717, 1.165) is 23.1 Å². The van der Waals surface area contributed by atoms with E-state index in [1.54, 1.807) is 0 Å². The number of pyridine rings is 1. The minimum absolute atomic E-state index is 0.168. The van der Waals surface area contributed by atoms with Gasteiger partial charge in [-0.05, 0) is 64.5 Å². The van der Waals surface area contributed by atoms with Crippen molar-refractivity contribution in [2.75, 3.05) is 5.32 Å². The van der Waals surface area contributed by atoms with Crippen LogP contribution in [0.2, 0.25) is 0 Å². The summed E-state index contributed by atoms with van der Waals surface area (Å²) in [5, 5.41) is 3.46. The Bertz CT molecular complexity index is 547. The molecule has 1 heterocycles. The van der Waals surface area contributed by atoms with Crippen LogP contribution in [0.15, 0.2) is 47.2 Å². The lowest BCUT2D eigenvalue weighted by Crippen LogP contribution is -2.34. The maximum absolute atomic E-state index is 12.8. The van der Waals surface area contributed by atoms with E-state index in [4.69, 9.17) is 0 Å². The van der Waals surface area contributed by atoms with Crippen LogP contribution >= 0.6 is 15.9 Å². The molecule has 1 aliphatic rings. The Morgan fingerprint density at radius 3 is 2.47 bits per heavy atom. The summed E-state index contributed by atoms with van der Waals surface area (Å²) in [6.07, 6.45) is 4.00. The molecular formula is C15H14BrFN2. The zero-order valence-electron chi connectivity index (χ0n) is 10.3. The monoisotopic (exact) mass is 320 g/mol. The van der Waals surface area contributed by atoms with E-state index in [-0.39, 0.29) is 5.82 Å². The molecule has 1 aromatic heterocycles. The first-order valence-electron chi connectivity index (χ1n) is 6.34. The average Bonchev–Trinajstić information content (AvgIpc) is 2.37. The molecule has 19 heavy (non-hydrogen) atoms. The van der Waals surface area contributed by atoms with Gasteiger partial charge in [0.25, 0.3) is 0 Å². The summed E-state index contributed by atoms with van der Waals surface area (Å²) >= 11 is 3.32. The molecule has 0 spiro atoms. The number of nitrogens with one attached hydrogen (secondary N) is 1. The van der Waals surface area contributed by atoms with Crippen molar-refractivity contribution in [3.63, 3.8) is 0 Å². The van der Waals surface area contributed by atoms with E-state index in [1.165, 1.54) is 17.7 Å². The normalized spacial score (nSPS) is 21.8. The molecule has 0 saturated heterocycles. The molecule has 0 amide bonds. The second-order valence-electron chi connectivity index (χ2n) is 4.93.